The van der Waals surface area contributed by atoms with Crippen LogP contribution in [0.2, 0.25) is 0 Å². The molecule has 0 bridgehead atoms. The number of hydrogen-bond acceptors (Lipinski definition) is 13. The van der Waals surface area contributed by atoms with Crippen molar-refractivity contribution in [2.24, 2.45) is 0 Å². The molecule has 0 saturated carbocycles. The first-order chi connectivity index (χ1) is 15.9. The van der Waals surface area contributed by atoms with Gasteiger partial charge in [0, 0.05) is 0 Å². The van der Waals surface area contributed by atoms with E-state index < -0.39 is 65.8 Å². The zero-order valence-corrected chi connectivity index (χ0v) is 19.9. The summed E-state index contributed by atoms with van der Waals surface area (Å²) in [5, 5.41) is 21.3. The molecule has 0 amide bonds. The van der Waals surface area contributed by atoms with Crippen LogP contribution in [-0.4, -0.2) is 79.9 Å². The molecule has 1 aliphatic heterocycles. The summed E-state index contributed by atoms with van der Waals surface area (Å²) >= 11 is 0. The van der Waals surface area contributed by atoms with Gasteiger partial charge in [-0.1, -0.05) is 0 Å². The third-order valence-corrected chi connectivity index (χ3v) is 8.56. The molecular formula is C12H19FN5O14P3. The van der Waals surface area contributed by atoms with Crippen molar-refractivity contribution in [3.05, 3.63) is 16.7 Å². The highest BCUT2D eigenvalue weighted by Gasteiger charge is 2.59. The molecule has 19 nitrogen and oxygen atoms in total. The van der Waals surface area contributed by atoms with Gasteiger partial charge in [-0.25, -0.2) is 23.1 Å². The third-order valence-electron chi connectivity index (χ3n) is 4.63. The Kier molecular flexibility index (Phi) is 7.47. The predicted molar refractivity (Wildman–Crippen MR) is 108 cm³/mol. The molecule has 1 aliphatic rings. The number of nitrogens with zero attached hydrogens (tertiary/aromatic N) is 3. The maximum atomic E-state index is 13.9. The van der Waals surface area contributed by atoms with Crippen molar-refractivity contribution in [1.82, 2.24) is 19.5 Å². The van der Waals surface area contributed by atoms with Crippen LogP contribution in [0.4, 0.5) is 10.3 Å². The highest BCUT2D eigenvalue weighted by Crippen LogP contribution is 2.66. The Morgan fingerprint density at radius 1 is 1.29 bits per heavy atom. The van der Waals surface area contributed by atoms with Gasteiger partial charge in [-0.3, -0.25) is 18.9 Å². The lowest BCUT2D eigenvalue weighted by Gasteiger charge is -2.29. The van der Waals surface area contributed by atoms with E-state index in [1.165, 1.54) is 0 Å². The first kappa shape index (κ1) is 27.9. The van der Waals surface area contributed by atoms with E-state index in [2.05, 4.69) is 28.1 Å². The van der Waals surface area contributed by atoms with Crippen LogP contribution >= 0.6 is 23.5 Å². The number of phosphoric ester groups is 1. The smallest absolute Gasteiger partial charge is 0.387 e. The van der Waals surface area contributed by atoms with Crippen molar-refractivity contribution >= 4 is 40.6 Å². The number of aliphatic hydroxyl groups is 2. The fourth-order valence-corrected chi connectivity index (χ4v) is 6.47. The second-order valence-corrected chi connectivity index (χ2v) is 11.6. The Balaban J connectivity index is 1.88. The number of halogens is 1. The number of alkyl halides is 1. The standard InChI is InChI=1S/C12H19FN5O14P3/c1-4(30-34(25,26)32-35(27,28)31-33(22,23)24)6-7(19)12(21,2-13)10(29-6)18-3-15-5-8(18)16-11(14)17-9(5)20/h3-4,6-7,10,19,21H,2H2,1H3,(H,25,26)(H,27,28)(H2,22,23,24)(H3,14,16,17,20)/t4-,6-,7+,10-,12?/m1/s1. The largest absolute Gasteiger partial charge is 0.490 e. The number of phosphoric acid groups is 3. The first-order valence-corrected chi connectivity index (χ1v) is 13.6. The number of aromatic nitrogens is 4. The Morgan fingerprint density at radius 2 is 1.91 bits per heavy atom. The average Bonchev–Trinajstić information content (AvgIpc) is 3.18. The molecule has 9 N–H and O–H groups in total. The second-order valence-electron chi connectivity index (χ2n) is 7.20. The number of aromatic amines is 1. The van der Waals surface area contributed by atoms with Crippen LogP contribution < -0.4 is 11.3 Å². The molecule has 0 spiro atoms. The van der Waals surface area contributed by atoms with E-state index in [1.807, 2.05) is 0 Å². The molecule has 2 aromatic rings. The molecule has 3 heterocycles. The summed E-state index contributed by atoms with van der Waals surface area (Å²) in [6.07, 6.45) is -6.76. The van der Waals surface area contributed by atoms with Crippen molar-refractivity contribution in [3.8, 4) is 0 Å². The molecule has 2 aromatic heterocycles. The topological polar surface area (TPSA) is 299 Å². The van der Waals surface area contributed by atoms with E-state index in [-0.39, 0.29) is 17.1 Å². The van der Waals surface area contributed by atoms with Gasteiger partial charge in [0.05, 0.1) is 12.4 Å². The Bertz CT molecular complexity index is 1310. The summed E-state index contributed by atoms with van der Waals surface area (Å²) in [7, 11) is -17.1. The lowest BCUT2D eigenvalue weighted by molar-refractivity contribution is -0.119. The van der Waals surface area contributed by atoms with Crippen molar-refractivity contribution in [3.63, 3.8) is 0 Å². The van der Waals surface area contributed by atoms with Crippen LogP contribution in [0.5, 0.6) is 0 Å². The second kappa shape index (κ2) is 9.35. The lowest BCUT2D eigenvalue weighted by Crippen LogP contribution is -2.50. The molecule has 3 unspecified atom stereocenters. The minimum atomic E-state index is -5.84. The zero-order valence-electron chi connectivity index (χ0n) is 17.2. The summed E-state index contributed by atoms with van der Waals surface area (Å²) in [6, 6.07) is 0. The number of nitrogens with one attached hydrogen (secondary N) is 1. The zero-order chi connectivity index (χ0) is 26.6. The van der Waals surface area contributed by atoms with Gasteiger partial charge in [0.15, 0.2) is 23.0 Å². The number of anilines is 1. The number of fused-ring (bicyclic) bond motifs is 1. The van der Waals surface area contributed by atoms with Gasteiger partial charge in [0.25, 0.3) is 5.56 Å². The number of imidazole rings is 1. The molecule has 3 rings (SSSR count). The number of hydrogen-bond donors (Lipinski definition) is 8. The van der Waals surface area contributed by atoms with E-state index in [4.69, 9.17) is 20.3 Å². The predicted octanol–water partition coefficient (Wildman–Crippen LogP) is -1.61. The van der Waals surface area contributed by atoms with E-state index in [0.29, 0.717) is 0 Å². The molecule has 0 radical (unpaired) electrons. The highest BCUT2D eigenvalue weighted by molar-refractivity contribution is 7.66. The van der Waals surface area contributed by atoms with Gasteiger partial charge in [0.2, 0.25) is 5.95 Å². The fraction of sp³-hybridized carbons (Fsp3) is 0.583. The van der Waals surface area contributed by atoms with Crippen LogP contribution in [0.15, 0.2) is 11.1 Å². The number of aliphatic hydroxyl groups excluding tert-OH is 1. The van der Waals surface area contributed by atoms with Crippen LogP contribution in [0.1, 0.15) is 13.2 Å². The minimum absolute atomic E-state index is 0.281. The van der Waals surface area contributed by atoms with Gasteiger partial charge in [-0.2, -0.15) is 13.6 Å². The molecule has 23 heteroatoms. The van der Waals surface area contributed by atoms with E-state index in [9.17, 15) is 42.9 Å². The van der Waals surface area contributed by atoms with E-state index in [1.54, 1.807) is 0 Å². The molecule has 0 aromatic carbocycles. The van der Waals surface area contributed by atoms with Crippen molar-refractivity contribution in [1.29, 1.82) is 0 Å². The van der Waals surface area contributed by atoms with Gasteiger partial charge < -0.3 is 40.3 Å². The van der Waals surface area contributed by atoms with Gasteiger partial charge in [0.1, 0.15) is 18.9 Å². The number of H-pyrrole nitrogens is 1. The maximum Gasteiger partial charge on any atom is 0.490 e. The summed E-state index contributed by atoms with van der Waals surface area (Å²) < 4.78 is 66.2. The highest BCUT2D eigenvalue weighted by atomic mass is 31.3. The SMILES string of the molecule is C[C@@H](OP(=O)(O)OP(=O)(O)OP(=O)(O)O)[C@H]1O[C@@H](n2cnc3c(=O)[nH]c(N)nc32)C(O)(CF)[C@H]1O. The third kappa shape index (κ3) is 5.86. The van der Waals surface area contributed by atoms with Crippen LogP contribution in [0.25, 0.3) is 11.2 Å². The van der Waals surface area contributed by atoms with E-state index >= 15 is 0 Å². The van der Waals surface area contributed by atoms with Crippen molar-refractivity contribution in [2.45, 2.75) is 37.1 Å². The van der Waals surface area contributed by atoms with Crippen LogP contribution in [0.3, 0.4) is 0 Å². The maximum absolute atomic E-state index is 13.9. The molecule has 1 fully saturated rings. The summed E-state index contributed by atoms with van der Waals surface area (Å²) in [5.41, 5.74) is 1.37. The first-order valence-electron chi connectivity index (χ1n) is 9.05. The Labute approximate surface area is 192 Å². The number of rotatable bonds is 9. The molecular weight excluding hydrogens is 550 g/mol. The van der Waals surface area contributed by atoms with Crippen LogP contribution in [-0.2, 0) is 31.6 Å². The number of ether oxygens (including phenoxy) is 1. The molecule has 0 aliphatic carbocycles. The van der Waals surface area contributed by atoms with Gasteiger partial charge in [-0.15, -0.1) is 0 Å². The lowest BCUT2D eigenvalue weighted by atomic mass is 9.93. The average molecular weight is 569 g/mol. The molecule has 1 saturated heterocycles. The van der Waals surface area contributed by atoms with Crippen LogP contribution in [0, 0.1) is 0 Å². The normalized spacial score (nSPS) is 29.7. The van der Waals surface area contributed by atoms with Gasteiger partial charge >= 0.3 is 23.5 Å². The number of nitrogens with two attached hydrogens (primary N) is 1. The summed E-state index contributed by atoms with van der Waals surface area (Å²) in [5.74, 6) is -0.371. The quantitative estimate of drug-likeness (QED) is 0.158. The summed E-state index contributed by atoms with van der Waals surface area (Å²) in [4.78, 5) is 57.8. The number of nitrogen functional groups attached to an aromatic ring is 1. The molecule has 198 valence electrons. The van der Waals surface area contributed by atoms with Gasteiger partial charge in [-0.05, 0) is 6.92 Å². The van der Waals surface area contributed by atoms with Crippen molar-refractivity contribution < 1.29 is 65.8 Å². The Morgan fingerprint density at radius 3 is 2.49 bits per heavy atom. The molecule has 7 atom stereocenters. The van der Waals surface area contributed by atoms with E-state index in [0.717, 1.165) is 17.8 Å². The molecule has 35 heavy (non-hydrogen) atoms. The van der Waals surface area contributed by atoms with Crippen molar-refractivity contribution in [2.75, 3.05) is 12.4 Å². The Hall–Kier alpha value is -1.63. The fourth-order valence-electron chi connectivity index (χ4n) is 3.27. The summed E-state index contributed by atoms with van der Waals surface area (Å²) in [6.45, 7) is -0.712. The monoisotopic (exact) mass is 569 g/mol. The minimum Gasteiger partial charge on any atom is -0.387 e.